The van der Waals surface area contributed by atoms with Gasteiger partial charge in [-0.3, -0.25) is 0 Å². The van der Waals surface area contributed by atoms with Gasteiger partial charge in [0, 0.05) is 12.0 Å². The molecule has 0 bridgehead atoms. The van der Waals surface area contributed by atoms with Gasteiger partial charge in [-0.2, -0.15) is 0 Å². The Kier molecular flexibility index (Phi) is 18.9. The lowest BCUT2D eigenvalue weighted by atomic mass is 9.66. The van der Waals surface area contributed by atoms with E-state index in [1.54, 1.807) is 0 Å². The quantitative estimate of drug-likeness (QED) is 0.193. The first-order valence-electron chi connectivity index (χ1n) is 14.2. The van der Waals surface area contributed by atoms with Crippen molar-refractivity contribution >= 4 is 7.32 Å². The molecule has 0 saturated heterocycles. The van der Waals surface area contributed by atoms with Crippen molar-refractivity contribution in [3.05, 3.63) is 108 Å². The number of hydrogen-bond donors (Lipinski definition) is 2. The van der Waals surface area contributed by atoms with Crippen LogP contribution in [0.25, 0.3) is 0 Å². The zero-order valence-corrected chi connectivity index (χ0v) is 23.7. The second-order valence-corrected chi connectivity index (χ2v) is 9.39. The fraction of sp³-hybridized carbons (Fsp3) is 0.438. The van der Waals surface area contributed by atoms with E-state index < -0.39 is 7.32 Å². The summed E-state index contributed by atoms with van der Waals surface area (Å²) < 4.78 is 4.62. The normalized spacial score (nSPS) is 10.6. The van der Waals surface area contributed by atoms with Gasteiger partial charge in [0.25, 0.3) is 0 Å². The van der Waals surface area contributed by atoms with Crippen molar-refractivity contribution in [2.75, 3.05) is 19.7 Å². The number of rotatable bonds is 14. The molecular formula is C32H49BN2O3. The molecule has 0 aliphatic heterocycles. The lowest BCUT2D eigenvalue weighted by Crippen LogP contribution is -2.49. The van der Waals surface area contributed by atoms with E-state index in [1.807, 2.05) is 18.2 Å². The van der Waals surface area contributed by atoms with E-state index in [4.69, 9.17) is 0 Å². The van der Waals surface area contributed by atoms with Crippen LogP contribution in [-0.4, -0.2) is 27.0 Å². The van der Waals surface area contributed by atoms with Crippen molar-refractivity contribution in [1.82, 2.24) is 0 Å². The molecule has 0 aromatic heterocycles. The van der Waals surface area contributed by atoms with Crippen molar-refractivity contribution in [2.24, 2.45) is 0 Å². The van der Waals surface area contributed by atoms with Crippen LogP contribution in [-0.2, 0) is 10.1 Å². The molecule has 0 atom stereocenters. The molecule has 208 valence electrons. The van der Waals surface area contributed by atoms with Crippen LogP contribution in [0.4, 0.5) is 0 Å². The Morgan fingerprint density at radius 3 is 1.29 bits per heavy atom. The molecule has 0 spiro atoms. The minimum absolute atomic E-state index is 0.229. The number of benzene rings is 3. The predicted molar refractivity (Wildman–Crippen MR) is 155 cm³/mol. The highest BCUT2D eigenvalue weighted by atomic mass is 16.6. The molecule has 0 fully saturated rings. The smallest absolute Gasteiger partial charge is 0.0739 e. The molecule has 3 aromatic carbocycles. The SMILES string of the molecule is CCCC[NH3+].CCCC[NH3+].[O-]B([O-])OCCCCCC(c1ccccc1)(c1ccccc1)c1ccccc1. The summed E-state index contributed by atoms with van der Waals surface area (Å²) in [6.07, 6.45) is 8.64. The van der Waals surface area contributed by atoms with E-state index in [9.17, 15) is 10.0 Å². The lowest BCUT2D eigenvalue weighted by Gasteiger charge is -2.36. The highest BCUT2D eigenvalue weighted by Crippen LogP contribution is 2.43. The first-order chi connectivity index (χ1) is 18.6. The van der Waals surface area contributed by atoms with Gasteiger partial charge in [-0.05, 0) is 42.4 Å². The van der Waals surface area contributed by atoms with E-state index >= 15 is 0 Å². The fourth-order valence-corrected chi connectivity index (χ4v) is 4.45. The van der Waals surface area contributed by atoms with Gasteiger partial charge in [0.15, 0.2) is 0 Å². The standard InChI is InChI=1S/C24H25BO3.2C4H11N/c26-25(27)28-20-12-4-11-19-24(21-13-5-1-6-14-21,22-15-7-2-8-16-22)23-17-9-3-10-18-23;2*1-2-3-4-5/h1-3,5-10,13-18H,4,11-12,19-20H2;2*2-5H2,1H3/q-2;;/p+2. The summed E-state index contributed by atoms with van der Waals surface area (Å²) >= 11 is 0. The van der Waals surface area contributed by atoms with Crippen LogP contribution < -0.4 is 21.5 Å². The van der Waals surface area contributed by atoms with Gasteiger partial charge in [0.2, 0.25) is 0 Å². The number of quaternary nitrogens is 2. The molecular weight excluding hydrogens is 471 g/mol. The summed E-state index contributed by atoms with van der Waals surface area (Å²) in [5.74, 6) is 0. The summed E-state index contributed by atoms with van der Waals surface area (Å²) in [7, 11) is -2.18. The molecule has 3 aromatic rings. The van der Waals surface area contributed by atoms with Crippen LogP contribution >= 0.6 is 0 Å². The number of hydrogen-bond acceptors (Lipinski definition) is 3. The van der Waals surface area contributed by atoms with Crippen molar-refractivity contribution in [2.45, 2.75) is 70.6 Å². The van der Waals surface area contributed by atoms with E-state index in [-0.39, 0.29) is 12.0 Å². The van der Waals surface area contributed by atoms with Gasteiger partial charge in [-0.15, -0.1) is 0 Å². The molecule has 0 aliphatic carbocycles. The topological polar surface area (TPSA) is 111 Å². The molecule has 0 unspecified atom stereocenters. The van der Waals surface area contributed by atoms with Crippen LogP contribution in [0, 0.1) is 0 Å². The first-order valence-corrected chi connectivity index (χ1v) is 14.2. The second kappa shape index (κ2) is 21.5. The summed E-state index contributed by atoms with van der Waals surface area (Å²) in [6, 6.07) is 31.9. The average molecular weight is 521 g/mol. The van der Waals surface area contributed by atoms with Gasteiger partial charge in [0.05, 0.1) is 20.4 Å². The van der Waals surface area contributed by atoms with Crippen molar-refractivity contribution < 1.29 is 26.2 Å². The Balaban J connectivity index is 0.000000616. The molecule has 6 N–H and O–H groups in total. The third-order valence-corrected chi connectivity index (χ3v) is 6.46. The minimum Gasteiger partial charge on any atom is -0.871 e. The van der Waals surface area contributed by atoms with Gasteiger partial charge >= 0.3 is 0 Å². The first kappa shape index (κ1) is 33.6. The highest BCUT2D eigenvalue weighted by Gasteiger charge is 2.35. The van der Waals surface area contributed by atoms with Crippen LogP contribution in [0.15, 0.2) is 91.0 Å². The molecule has 38 heavy (non-hydrogen) atoms. The summed E-state index contributed by atoms with van der Waals surface area (Å²) in [6.45, 7) is 6.76. The number of unbranched alkanes of at least 4 members (excludes halogenated alkanes) is 4. The second-order valence-electron chi connectivity index (χ2n) is 9.39. The molecule has 0 radical (unpaired) electrons. The van der Waals surface area contributed by atoms with Crippen LogP contribution in [0.3, 0.4) is 0 Å². The third-order valence-electron chi connectivity index (χ3n) is 6.46. The van der Waals surface area contributed by atoms with E-state index in [2.05, 4.69) is 103 Å². The average Bonchev–Trinajstić information content (AvgIpc) is 2.96. The fourth-order valence-electron chi connectivity index (χ4n) is 4.45. The molecule has 6 heteroatoms. The lowest BCUT2D eigenvalue weighted by molar-refractivity contribution is -0.381. The zero-order chi connectivity index (χ0) is 27.9. The Morgan fingerprint density at radius 2 is 1.00 bits per heavy atom. The maximum absolute atomic E-state index is 10.5. The van der Waals surface area contributed by atoms with Crippen molar-refractivity contribution in [3.63, 3.8) is 0 Å². The summed E-state index contributed by atoms with van der Waals surface area (Å²) in [4.78, 5) is 0. The van der Waals surface area contributed by atoms with Gasteiger partial charge in [-0.25, -0.2) is 0 Å². The molecule has 0 aliphatic rings. The van der Waals surface area contributed by atoms with Crippen molar-refractivity contribution in [3.8, 4) is 0 Å². The maximum atomic E-state index is 10.5. The summed E-state index contributed by atoms with van der Waals surface area (Å²) in [5, 5.41) is 21.0. The maximum Gasteiger partial charge on any atom is 0.0739 e. The van der Waals surface area contributed by atoms with Crippen LogP contribution in [0.5, 0.6) is 0 Å². The molecule has 3 rings (SSSR count). The Bertz CT molecular complexity index is 805. The highest BCUT2D eigenvalue weighted by molar-refractivity contribution is 6.28. The molecule has 0 amide bonds. The Labute approximate surface area is 231 Å². The van der Waals surface area contributed by atoms with Gasteiger partial charge < -0.3 is 26.2 Å². The Hall–Kier alpha value is -2.48. The van der Waals surface area contributed by atoms with Crippen molar-refractivity contribution in [1.29, 1.82) is 0 Å². The molecule has 5 nitrogen and oxygen atoms in total. The van der Waals surface area contributed by atoms with Gasteiger partial charge in [-0.1, -0.05) is 131 Å². The van der Waals surface area contributed by atoms with E-state index in [1.165, 1.54) is 42.4 Å². The van der Waals surface area contributed by atoms with Gasteiger partial charge in [0.1, 0.15) is 0 Å². The third kappa shape index (κ3) is 12.4. The van der Waals surface area contributed by atoms with Crippen LogP contribution in [0.1, 0.15) is 81.9 Å². The van der Waals surface area contributed by atoms with Crippen LogP contribution in [0.2, 0.25) is 0 Å². The van der Waals surface area contributed by atoms with E-state index in [0.29, 0.717) is 0 Å². The van der Waals surface area contributed by atoms with E-state index in [0.717, 1.165) is 38.8 Å². The minimum atomic E-state index is -2.18. The zero-order valence-electron chi connectivity index (χ0n) is 23.7. The molecule has 0 heterocycles. The summed E-state index contributed by atoms with van der Waals surface area (Å²) in [5.41, 5.74) is 10.9. The monoisotopic (exact) mass is 520 g/mol. The largest absolute Gasteiger partial charge is 0.871 e. The molecule has 0 saturated carbocycles. The Morgan fingerprint density at radius 1 is 0.605 bits per heavy atom. The predicted octanol–water partition coefficient (Wildman–Crippen LogP) is 3.36.